The van der Waals surface area contributed by atoms with E-state index in [0.717, 1.165) is 18.8 Å². The Labute approximate surface area is 99.6 Å². The highest BCUT2D eigenvalue weighted by Gasteiger charge is 1.97. The van der Waals surface area contributed by atoms with Gasteiger partial charge < -0.3 is 10.4 Å². The monoisotopic (exact) mass is 230 g/mol. The van der Waals surface area contributed by atoms with E-state index < -0.39 is 0 Å². The summed E-state index contributed by atoms with van der Waals surface area (Å²) in [6.45, 7) is 0.631. The SMILES string of the molecule is OCc1nccc(NCCc2cccnc2)n1. The summed E-state index contributed by atoms with van der Waals surface area (Å²) in [7, 11) is 0. The van der Waals surface area contributed by atoms with E-state index in [1.54, 1.807) is 18.5 Å². The molecule has 2 aromatic rings. The van der Waals surface area contributed by atoms with Crippen LogP contribution in [0.2, 0.25) is 0 Å². The van der Waals surface area contributed by atoms with E-state index in [1.807, 2.05) is 18.3 Å². The van der Waals surface area contributed by atoms with Crippen LogP contribution in [0.3, 0.4) is 0 Å². The Hall–Kier alpha value is -2.01. The maximum Gasteiger partial charge on any atom is 0.156 e. The first-order chi connectivity index (χ1) is 8.38. The van der Waals surface area contributed by atoms with Crippen LogP contribution in [-0.2, 0) is 13.0 Å². The van der Waals surface area contributed by atoms with Gasteiger partial charge >= 0.3 is 0 Å². The molecule has 2 rings (SSSR count). The van der Waals surface area contributed by atoms with Gasteiger partial charge in [0.1, 0.15) is 12.4 Å². The summed E-state index contributed by atoms with van der Waals surface area (Å²) in [5, 5.41) is 12.1. The fraction of sp³-hybridized carbons (Fsp3) is 0.250. The fourth-order valence-corrected chi connectivity index (χ4v) is 1.45. The van der Waals surface area contributed by atoms with Gasteiger partial charge in [-0.3, -0.25) is 4.98 Å². The van der Waals surface area contributed by atoms with Crippen LogP contribution in [0.1, 0.15) is 11.4 Å². The lowest BCUT2D eigenvalue weighted by Crippen LogP contribution is -2.08. The molecule has 2 aromatic heterocycles. The third-order valence-corrected chi connectivity index (χ3v) is 2.29. The standard InChI is InChI=1S/C12H14N4O/c17-9-12-15-7-4-11(16-12)14-6-3-10-2-1-5-13-8-10/h1-2,4-5,7-8,17H,3,6,9H2,(H,14,15,16). The lowest BCUT2D eigenvalue weighted by Gasteiger charge is -2.05. The van der Waals surface area contributed by atoms with Crippen molar-refractivity contribution < 1.29 is 5.11 Å². The predicted octanol–water partition coefficient (Wildman–Crippen LogP) is 1.02. The highest BCUT2D eigenvalue weighted by atomic mass is 16.3. The van der Waals surface area contributed by atoms with E-state index in [0.29, 0.717) is 5.82 Å². The van der Waals surface area contributed by atoms with Crippen molar-refractivity contribution >= 4 is 5.82 Å². The molecule has 17 heavy (non-hydrogen) atoms. The third-order valence-electron chi connectivity index (χ3n) is 2.29. The molecular weight excluding hydrogens is 216 g/mol. The topological polar surface area (TPSA) is 70.9 Å². The van der Waals surface area contributed by atoms with Crippen molar-refractivity contribution in [3.8, 4) is 0 Å². The number of anilines is 1. The van der Waals surface area contributed by atoms with Gasteiger partial charge in [-0.15, -0.1) is 0 Å². The van der Waals surface area contributed by atoms with Gasteiger partial charge in [-0.05, 0) is 24.1 Å². The van der Waals surface area contributed by atoms with Crippen molar-refractivity contribution in [2.24, 2.45) is 0 Å². The van der Waals surface area contributed by atoms with Crippen LogP contribution in [0, 0.1) is 0 Å². The van der Waals surface area contributed by atoms with Gasteiger partial charge in [0.05, 0.1) is 0 Å². The van der Waals surface area contributed by atoms with Crippen LogP contribution in [0.4, 0.5) is 5.82 Å². The molecule has 2 heterocycles. The normalized spacial score (nSPS) is 10.2. The zero-order chi connectivity index (χ0) is 11.9. The highest BCUT2D eigenvalue weighted by Crippen LogP contribution is 2.03. The van der Waals surface area contributed by atoms with Crippen molar-refractivity contribution in [3.63, 3.8) is 0 Å². The average molecular weight is 230 g/mol. The molecule has 0 unspecified atom stereocenters. The first kappa shape index (κ1) is 11.5. The number of hydrogen-bond donors (Lipinski definition) is 2. The average Bonchev–Trinajstić information content (AvgIpc) is 2.40. The van der Waals surface area contributed by atoms with Gasteiger partial charge in [0.25, 0.3) is 0 Å². The summed E-state index contributed by atoms with van der Waals surface area (Å²) < 4.78 is 0. The third kappa shape index (κ3) is 3.49. The van der Waals surface area contributed by atoms with Crippen molar-refractivity contribution in [1.82, 2.24) is 15.0 Å². The van der Waals surface area contributed by atoms with Crippen molar-refractivity contribution in [3.05, 3.63) is 48.2 Å². The van der Waals surface area contributed by atoms with Crippen molar-refractivity contribution in [2.45, 2.75) is 13.0 Å². The van der Waals surface area contributed by atoms with Gasteiger partial charge in [0.2, 0.25) is 0 Å². The summed E-state index contributed by atoms with van der Waals surface area (Å²) in [6, 6.07) is 5.74. The zero-order valence-electron chi connectivity index (χ0n) is 9.37. The Morgan fingerprint density at radius 1 is 1.24 bits per heavy atom. The molecule has 0 aliphatic heterocycles. The van der Waals surface area contributed by atoms with E-state index >= 15 is 0 Å². The molecule has 88 valence electrons. The lowest BCUT2D eigenvalue weighted by molar-refractivity contribution is 0.271. The molecule has 0 aromatic carbocycles. The molecule has 0 fully saturated rings. The van der Waals surface area contributed by atoms with Crippen LogP contribution >= 0.6 is 0 Å². The van der Waals surface area contributed by atoms with Crippen LogP contribution in [0.5, 0.6) is 0 Å². The molecule has 5 nitrogen and oxygen atoms in total. The summed E-state index contributed by atoms with van der Waals surface area (Å²) in [4.78, 5) is 12.1. The smallest absolute Gasteiger partial charge is 0.156 e. The number of aliphatic hydroxyl groups excluding tert-OH is 1. The molecule has 0 amide bonds. The number of rotatable bonds is 5. The Kier molecular flexibility index (Phi) is 3.99. The Bertz CT molecular complexity index is 461. The van der Waals surface area contributed by atoms with Crippen LogP contribution in [-0.4, -0.2) is 26.6 Å². The number of nitrogens with zero attached hydrogens (tertiary/aromatic N) is 3. The lowest BCUT2D eigenvalue weighted by atomic mass is 10.2. The molecule has 5 heteroatoms. The zero-order valence-corrected chi connectivity index (χ0v) is 9.37. The van der Waals surface area contributed by atoms with Crippen molar-refractivity contribution in [1.29, 1.82) is 0 Å². The Balaban J connectivity index is 1.86. The second-order valence-corrected chi connectivity index (χ2v) is 3.55. The maximum atomic E-state index is 8.90. The maximum absolute atomic E-state index is 8.90. The van der Waals surface area contributed by atoms with E-state index in [1.165, 1.54) is 5.56 Å². The van der Waals surface area contributed by atoms with Crippen LogP contribution in [0.15, 0.2) is 36.8 Å². The minimum absolute atomic E-state index is 0.141. The predicted molar refractivity (Wildman–Crippen MR) is 64.4 cm³/mol. The number of aromatic nitrogens is 3. The molecule has 0 bridgehead atoms. The van der Waals surface area contributed by atoms with Crippen molar-refractivity contribution in [2.75, 3.05) is 11.9 Å². The molecule has 0 aliphatic rings. The molecule has 0 spiro atoms. The number of nitrogens with one attached hydrogen (secondary N) is 1. The number of pyridine rings is 1. The molecule has 0 saturated heterocycles. The minimum Gasteiger partial charge on any atom is -0.388 e. The molecule has 0 atom stereocenters. The molecule has 2 N–H and O–H groups in total. The van der Waals surface area contributed by atoms with E-state index in [9.17, 15) is 0 Å². The van der Waals surface area contributed by atoms with E-state index in [2.05, 4.69) is 20.3 Å². The van der Waals surface area contributed by atoms with Gasteiger partial charge in [0.15, 0.2) is 5.82 Å². The van der Waals surface area contributed by atoms with Gasteiger partial charge in [0, 0.05) is 25.1 Å². The molecular formula is C12H14N4O. The summed E-state index contributed by atoms with van der Waals surface area (Å²) >= 11 is 0. The molecule has 0 aliphatic carbocycles. The minimum atomic E-state index is -0.141. The number of hydrogen-bond acceptors (Lipinski definition) is 5. The first-order valence-electron chi connectivity index (χ1n) is 5.44. The van der Waals surface area contributed by atoms with E-state index in [4.69, 9.17) is 5.11 Å². The van der Waals surface area contributed by atoms with Crippen LogP contribution < -0.4 is 5.32 Å². The largest absolute Gasteiger partial charge is 0.388 e. The second kappa shape index (κ2) is 5.91. The fourth-order valence-electron chi connectivity index (χ4n) is 1.45. The van der Waals surface area contributed by atoms with Crippen LogP contribution in [0.25, 0.3) is 0 Å². The summed E-state index contributed by atoms with van der Waals surface area (Å²) in [6.07, 6.45) is 6.12. The molecule has 0 radical (unpaired) electrons. The van der Waals surface area contributed by atoms with E-state index in [-0.39, 0.29) is 6.61 Å². The summed E-state index contributed by atoms with van der Waals surface area (Å²) in [5.74, 6) is 1.16. The second-order valence-electron chi connectivity index (χ2n) is 3.55. The van der Waals surface area contributed by atoms with Gasteiger partial charge in [-0.1, -0.05) is 6.07 Å². The first-order valence-corrected chi connectivity index (χ1v) is 5.44. The Morgan fingerprint density at radius 2 is 2.18 bits per heavy atom. The van der Waals surface area contributed by atoms with Gasteiger partial charge in [-0.25, -0.2) is 9.97 Å². The Morgan fingerprint density at radius 3 is 2.94 bits per heavy atom. The molecule has 0 saturated carbocycles. The summed E-state index contributed by atoms with van der Waals surface area (Å²) in [5.41, 5.74) is 1.18. The quantitative estimate of drug-likeness (QED) is 0.802. The van der Waals surface area contributed by atoms with Gasteiger partial charge in [-0.2, -0.15) is 0 Å². The highest BCUT2D eigenvalue weighted by molar-refractivity contribution is 5.33. The number of aliphatic hydroxyl groups is 1.